The number of hydrogen-bond acceptors (Lipinski definition) is 2. The summed E-state index contributed by atoms with van der Waals surface area (Å²) in [4.78, 5) is 0. The minimum atomic E-state index is -0.458. The van der Waals surface area contributed by atoms with Gasteiger partial charge in [0.25, 0.3) is 0 Å². The highest BCUT2D eigenvalue weighted by atomic mass is 19.1. The van der Waals surface area contributed by atoms with Crippen LogP contribution < -0.4 is 0 Å². The zero-order valence-electron chi connectivity index (χ0n) is 9.50. The molecule has 2 nitrogen and oxygen atoms in total. The number of halogens is 1. The Morgan fingerprint density at radius 3 is 2.88 bits per heavy atom. The quantitative estimate of drug-likeness (QED) is 0.690. The fourth-order valence-electron chi connectivity index (χ4n) is 1.41. The van der Waals surface area contributed by atoms with E-state index in [9.17, 15) is 4.39 Å². The predicted octanol–water partition coefficient (Wildman–Crippen LogP) is 3.40. The number of rotatable bonds is 6. The van der Waals surface area contributed by atoms with Crippen molar-refractivity contribution in [3.05, 3.63) is 35.1 Å². The summed E-state index contributed by atoms with van der Waals surface area (Å²) in [6.07, 6.45) is 3.26. The molecule has 0 saturated heterocycles. The molecular weight excluding hydrogens is 205 g/mol. The number of nitriles is 1. The molecule has 86 valence electrons. The van der Waals surface area contributed by atoms with Crippen LogP contribution in [-0.4, -0.2) is 6.61 Å². The van der Waals surface area contributed by atoms with Crippen LogP contribution in [0.25, 0.3) is 0 Å². The summed E-state index contributed by atoms with van der Waals surface area (Å²) in [5.41, 5.74) is 0.533. The molecule has 1 aromatic rings. The Kier molecular flexibility index (Phi) is 5.52. The van der Waals surface area contributed by atoms with Crippen molar-refractivity contribution in [2.75, 3.05) is 6.61 Å². The van der Waals surface area contributed by atoms with Gasteiger partial charge in [-0.3, -0.25) is 0 Å². The van der Waals surface area contributed by atoms with Crippen LogP contribution in [0.5, 0.6) is 0 Å². The number of ether oxygens (including phenoxy) is 1. The van der Waals surface area contributed by atoms with E-state index in [2.05, 4.69) is 6.92 Å². The molecule has 16 heavy (non-hydrogen) atoms. The maximum atomic E-state index is 13.5. The summed E-state index contributed by atoms with van der Waals surface area (Å²) in [5.74, 6) is -0.458. The van der Waals surface area contributed by atoms with Crippen molar-refractivity contribution < 1.29 is 9.13 Å². The molecule has 0 aliphatic heterocycles. The Balaban J connectivity index is 2.45. The van der Waals surface area contributed by atoms with Gasteiger partial charge in [-0.05, 0) is 12.5 Å². The van der Waals surface area contributed by atoms with Gasteiger partial charge in [-0.2, -0.15) is 5.26 Å². The molecule has 0 radical (unpaired) electrons. The standard InChI is InChI=1S/C13H16FNO/c1-2-3-4-8-16-10-12-7-5-6-11(9-15)13(12)14/h5-7H,2-4,8,10H2,1H3. The Morgan fingerprint density at radius 1 is 1.38 bits per heavy atom. The Morgan fingerprint density at radius 2 is 2.19 bits per heavy atom. The molecule has 0 N–H and O–H groups in total. The van der Waals surface area contributed by atoms with Crippen LogP contribution in [-0.2, 0) is 11.3 Å². The third kappa shape index (κ3) is 3.63. The molecule has 0 atom stereocenters. The minimum Gasteiger partial charge on any atom is -0.377 e. The smallest absolute Gasteiger partial charge is 0.146 e. The van der Waals surface area contributed by atoms with E-state index in [-0.39, 0.29) is 12.2 Å². The summed E-state index contributed by atoms with van der Waals surface area (Å²) in [5, 5.41) is 8.65. The lowest BCUT2D eigenvalue weighted by molar-refractivity contribution is 0.114. The molecular formula is C13H16FNO. The topological polar surface area (TPSA) is 33.0 Å². The fraction of sp³-hybridized carbons (Fsp3) is 0.462. The zero-order valence-corrected chi connectivity index (χ0v) is 9.50. The number of hydrogen-bond donors (Lipinski definition) is 0. The summed E-state index contributed by atoms with van der Waals surface area (Å²) >= 11 is 0. The van der Waals surface area contributed by atoms with E-state index in [4.69, 9.17) is 10.00 Å². The highest BCUT2D eigenvalue weighted by Gasteiger charge is 2.06. The lowest BCUT2D eigenvalue weighted by atomic mass is 10.1. The second-order valence-electron chi connectivity index (χ2n) is 3.65. The molecule has 0 fully saturated rings. The fourth-order valence-corrected chi connectivity index (χ4v) is 1.41. The Hall–Kier alpha value is -1.40. The van der Waals surface area contributed by atoms with Gasteiger partial charge in [0, 0.05) is 12.2 Å². The van der Waals surface area contributed by atoms with E-state index in [1.807, 2.05) is 6.07 Å². The van der Waals surface area contributed by atoms with E-state index >= 15 is 0 Å². The molecule has 0 unspecified atom stereocenters. The maximum absolute atomic E-state index is 13.5. The third-order valence-corrected chi connectivity index (χ3v) is 2.35. The molecule has 0 aliphatic carbocycles. The molecule has 0 saturated carbocycles. The van der Waals surface area contributed by atoms with E-state index in [0.29, 0.717) is 12.2 Å². The second kappa shape index (κ2) is 6.97. The average molecular weight is 221 g/mol. The summed E-state index contributed by atoms with van der Waals surface area (Å²) < 4.78 is 18.9. The molecule has 1 aromatic carbocycles. The minimum absolute atomic E-state index is 0.0784. The molecule has 0 spiro atoms. The van der Waals surface area contributed by atoms with Crippen molar-refractivity contribution in [1.82, 2.24) is 0 Å². The van der Waals surface area contributed by atoms with Crippen molar-refractivity contribution in [1.29, 1.82) is 5.26 Å². The monoisotopic (exact) mass is 221 g/mol. The lowest BCUT2D eigenvalue weighted by Crippen LogP contribution is -1.99. The first-order valence-electron chi connectivity index (χ1n) is 5.54. The van der Waals surface area contributed by atoms with E-state index in [1.54, 1.807) is 12.1 Å². The van der Waals surface area contributed by atoms with Crippen molar-refractivity contribution >= 4 is 0 Å². The summed E-state index contributed by atoms with van der Waals surface area (Å²) in [6.45, 7) is 3.01. The Labute approximate surface area is 95.7 Å². The summed E-state index contributed by atoms with van der Waals surface area (Å²) in [6, 6.07) is 6.61. The van der Waals surface area contributed by atoms with Crippen molar-refractivity contribution in [3.8, 4) is 6.07 Å². The van der Waals surface area contributed by atoms with Crippen LogP contribution in [0.1, 0.15) is 37.3 Å². The molecule has 0 aliphatic rings. The SMILES string of the molecule is CCCCCOCc1cccc(C#N)c1F. The third-order valence-electron chi connectivity index (χ3n) is 2.35. The largest absolute Gasteiger partial charge is 0.377 e. The highest BCUT2D eigenvalue weighted by Crippen LogP contribution is 2.13. The first kappa shape index (κ1) is 12.7. The van der Waals surface area contributed by atoms with Crippen LogP contribution in [0.2, 0.25) is 0 Å². The van der Waals surface area contributed by atoms with Crippen LogP contribution in [0.15, 0.2) is 18.2 Å². The van der Waals surface area contributed by atoms with Crippen molar-refractivity contribution in [2.45, 2.75) is 32.8 Å². The van der Waals surface area contributed by atoms with E-state index in [1.165, 1.54) is 6.07 Å². The first-order chi connectivity index (χ1) is 7.79. The van der Waals surface area contributed by atoms with Gasteiger partial charge < -0.3 is 4.74 Å². The first-order valence-corrected chi connectivity index (χ1v) is 5.54. The van der Waals surface area contributed by atoms with Gasteiger partial charge in [-0.1, -0.05) is 31.9 Å². The molecule has 0 bridgehead atoms. The molecule has 0 aromatic heterocycles. The van der Waals surface area contributed by atoms with Gasteiger partial charge in [-0.15, -0.1) is 0 Å². The Bertz CT molecular complexity index is 371. The van der Waals surface area contributed by atoms with Gasteiger partial charge in [0.2, 0.25) is 0 Å². The van der Waals surface area contributed by atoms with E-state index in [0.717, 1.165) is 19.3 Å². The average Bonchev–Trinajstić information content (AvgIpc) is 2.31. The number of unbranched alkanes of at least 4 members (excludes halogenated alkanes) is 2. The van der Waals surface area contributed by atoms with Gasteiger partial charge in [0.1, 0.15) is 11.9 Å². The van der Waals surface area contributed by atoms with Gasteiger partial charge in [-0.25, -0.2) is 4.39 Å². The normalized spacial score (nSPS) is 10.1. The van der Waals surface area contributed by atoms with Gasteiger partial charge in [0.05, 0.1) is 12.2 Å². The highest BCUT2D eigenvalue weighted by molar-refractivity contribution is 5.34. The zero-order chi connectivity index (χ0) is 11.8. The van der Waals surface area contributed by atoms with E-state index < -0.39 is 5.82 Å². The van der Waals surface area contributed by atoms with Crippen molar-refractivity contribution in [3.63, 3.8) is 0 Å². The molecule has 3 heteroatoms. The van der Waals surface area contributed by atoms with Crippen LogP contribution in [0.3, 0.4) is 0 Å². The van der Waals surface area contributed by atoms with Gasteiger partial charge >= 0.3 is 0 Å². The summed E-state index contributed by atoms with van der Waals surface area (Å²) in [7, 11) is 0. The van der Waals surface area contributed by atoms with Crippen LogP contribution in [0.4, 0.5) is 4.39 Å². The predicted molar refractivity (Wildman–Crippen MR) is 60.3 cm³/mol. The second-order valence-corrected chi connectivity index (χ2v) is 3.65. The number of benzene rings is 1. The lowest BCUT2D eigenvalue weighted by Gasteiger charge is -2.05. The van der Waals surface area contributed by atoms with Crippen LogP contribution in [0, 0.1) is 17.1 Å². The maximum Gasteiger partial charge on any atom is 0.146 e. The molecule has 0 heterocycles. The molecule has 0 amide bonds. The molecule has 1 rings (SSSR count). The van der Waals surface area contributed by atoms with Crippen molar-refractivity contribution in [2.24, 2.45) is 0 Å². The van der Waals surface area contributed by atoms with Gasteiger partial charge in [0.15, 0.2) is 0 Å². The number of nitrogens with zero attached hydrogens (tertiary/aromatic N) is 1. The van der Waals surface area contributed by atoms with Crippen LogP contribution >= 0.6 is 0 Å².